The van der Waals surface area contributed by atoms with Crippen molar-refractivity contribution in [2.75, 3.05) is 5.32 Å². The van der Waals surface area contributed by atoms with Crippen molar-refractivity contribution in [2.45, 2.75) is 32.4 Å². The molecule has 1 heterocycles. The second-order valence-corrected chi connectivity index (χ2v) is 5.04. The van der Waals surface area contributed by atoms with Crippen LogP contribution < -0.4 is 11.1 Å². The summed E-state index contributed by atoms with van der Waals surface area (Å²) in [6, 6.07) is 5.81. The third kappa shape index (κ3) is 2.64. The van der Waals surface area contributed by atoms with Crippen molar-refractivity contribution in [3.05, 3.63) is 29.8 Å². The highest BCUT2D eigenvalue weighted by molar-refractivity contribution is 6.07. The number of carbonyl (C=O) groups is 3. The Hall–Kier alpha value is -2.37. The van der Waals surface area contributed by atoms with E-state index in [1.807, 2.05) is 0 Å². The van der Waals surface area contributed by atoms with Gasteiger partial charge in [0.05, 0.1) is 6.42 Å². The van der Waals surface area contributed by atoms with Gasteiger partial charge < -0.3 is 11.1 Å². The van der Waals surface area contributed by atoms with Crippen LogP contribution in [0.4, 0.5) is 5.69 Å². The molecule has 1 unspecified atom stereocenters. The molecule has 0 spiro atoms. The predicted molar refractivity (Wildman–Crippen MR) is 74.0 cm³/mol. The number of anilines is 1. The van der Waals surface area contributed by atoms with Crippen LogP contribution in [-0.2, 0) is 9.59 Å². The van der Waals surface area contributed by atoms with E-state index >= 15 is 0 Å². The summed E-state index contributed by atoms with van der Waals surface area (Å²) in [4.78, 5) is 36.3. The number of likely N-dealkylation sites (tertiary alicyclic amines) is 1. The number of imide groups is 1. The maximum absolute atomic E-state index is 12.1. The number of nitrogens with one attached hydrogen (secondary N) is 1. The number of nitrogens with zero attached hydrogens (tertiary/aromatic N) is 1. The molecule has 0 radical (unpaired) electrons. The molecule has 0 aromatic heterocycles. The fourth-order valence-corrected chi connectivity index (χ4v) is 2.27. The predicted octanol–water partition coefficient (Wildman–Crippen LogP) is 0.733. The largest absolute Gasteiger partial charge is 0.373 e. The summed E-state index contributed by atoms with van der Waals surface area (Å²) in [5.74, 6) is -0.964. The molecule has 3 amide bonds. The lowest BCUT2D eigenvalue weighted by atomic mass is 10.1. The lowest BCUT2D eigenvalue weighted by Crippen LogP contribution is -2.39. The third-order valence-corrected chi connectivity index (χ3v) is 3.19. The lowest BCUT2D eigenvalue weighted by Gasteiger charge is -2.19. The number of benzene rings is 1. The van der Waals surface area contributed by atoms with E-state index in [0.717, 1.165) is 0 Å². The SMILES string of the molecule is CC(C)N1C(=O)CC(Nc2cccc(C(N)=O)c2)C1=O. The van der Waals surface area contributed by atoms with Crippen molar-refractivity contribution in [1.82, 2.24) is 4.90 Å². The second-order valence-electron chi connectivity index (χ2n) is 5.04. The summed E-state index contributed by atoms with van der Waals surface area (Å²) in [5, 5.41) is 2.98. The van der Waals surface area contributed by atoms with Gasteiger partial charge >= 0.3 is 0 Å². The molecule has 3 N–H and O–H groups in total. The first-order valence-electron chi connectivity index (χ1n) is 6.42. The van der Waals surface area contributed by atoms with E-state index < -0.39 is 11.9 Å². The van der Waals surface area contributed by atoms with Gasteiger partial charge in [0.25, 0.3) is 5.91 Å². The molecule has 1 aliphatic rings. The first kappa shape index (κ1) is 14.0. The normalized spacial score (nSPS) is 18.8. The lowest BCUT2D eigenvalue weighted by molar-refractivity contribution is -0.140. The Bertz CT molecular complexity index is 569. The van der Waals surface area contributed by atoms with Crippen LogP contribution in [0.25, 0.3) is 0 Å². The molecule has 1 saturated heterocycles. The Labute approximate surface area is 116 Å². The molecule has 1 atom stereocenters. The van der Waals surface area contributed by atoms with Crippen molar-refractivity contribution in [1.29, 1.82) is 0 Å². The van der Waals surface area contributed by atoms with Crippen molar-refractivity contribution >= 4 is 23.4 Å². The van der Waals surface area contributed by atoms with E-state index in [0.29, 0.717) is 11.3 Å². The molecule has 20 heavy (non-hydrogen) atoms. The van der Waals surface area contributed by atoms with Gasteiger partial charge in [-0.1, -0.05) is 6.07 Å². The van der Waals surface area contributed by atoms with Crippen molar-refractivity contribution in [3.63, 3.8) is 0 Å². The molecule has 1 aromatic carbocycles. The Balaban J connectivity index is 2.15. The fraction of sp³-hybridized carbons (Fsp3) is 0.357. The van der Waals surface area contributed by atoms with Gasteiger partial charge in [0.2, 0.25) is 11.8 Å². The number of carbonyl (C=O) groups excluding carboxylic acids is 3. The van der Waals surface area contributed by atoms with Gasteiger partial charge in [0.15, 0.2) is 0 Å². The quantitative estimate of drug-likeness (QED) is 0.792. The van der Waals surface area contributed by atoms with Crippen LogP contribution in [-0.4, -0.2) is 34.7 Å². The summed E-state index contributed by atoms with van der Waals surface area (Å²) >= 11 is 0. The Kier molecular flexibility index (Phi) is 3.74. The summed E-state index contributed by atoms with van der Waals surface area (Å²) in [5.41, 5.74) is 6.16. The van der Waals surface area contributed by atoms with Gasteiger partial charge in [-0.25, -0.2) is 0 Å². The van der Waals surface area contributed by atoms with Gasteiger partial charge in [-0.05, 0) is 32.0 Å². The molecule has 6 nitrogen and oxygen atoms in total. The molecule has 0 aliphatic carbocycles. The number of amides is 3. The van der Waals surface area contributed by atoms with Gasteiger partial charge in [-0.2, -0.15) is 0 Å². The zero-order valence-electron chi connectivity index (χ0n) is 11.4. The summed E-state index contributed by atoms with van der Waals surface area (Å²) in [7, 11) is 0. The van der Waals surface area contributed by atoms with Gasteiger partial charge in [0.1, 0.15) is 6.04 Å². The van der Waals surface area contributed by atoms with Gasteiger partial charge in [0, 0.05) is 17.3 Å². The zero-order chi connectivity index (χ0) is 14.9. The summed E-state index contributed by atoms with van der Waals surface area (Å²) < 4.78 is 0. The van der Waals surface area contributed by atoms with E-state index in [1.165, 1.54) is 4.90 Å². The number of primary amides is 1. The summed E-state index contributed by atoms with van der Waals surface area (Å²) in [6.45, 7) is 3.60. The number of nitrogens with two attached hydrogens (primary N) is 1. The maximum atomic E-state index is 12.1. The van der Waals surface area contributed by atoms with Crippen LogP contribution in [0.3, 0.4) is 0 Å². The molecule has 1 aliphatic heterocycles. The molecular formula is C14H17N3O3. The zero-order valence-corrected chi connectivity index (χ0v) is 11.4. The van der Waals surface area contributed by atoms with Gasteiger partial charge in [-0.15, -0.1) is 0 Å². The topological polar surface area (TPSA) is 92.5 Å². The smallest absolute Gasteiger partial charge is 0.252 e. The van der Waals surface area contributed by atoms with E-state index in [-0.39, 0.29) is 24.3 Å². The molecule has 1 fully saturated rings. The van der Waals surface area contributed by atoms with E-state index in [2.05, 4.69) is 5.32 Å². The number of hydrogen-bond donors (Lipinski definition) is 2. The minimum Gasteiger partial charge on any atom is -0.373 e. The molecule has 0 saturated carbocycles. The highest BCUT2D eigenvalue weighted by Gasteiger charge is 2.39. The average molecular weight is 275 g/mol. The third-order valence-electron chi connectivity index (χ3n) is 3.19. The molecule has 6 heteroatoms. The number of hydrogen-bond acceptors (Lipinski definition) is 4. The van der Waals surface area contributed by atoms with Crippen molar-refractivity contribution in [3.8, 4) is 0 Å². The van der Waals surface area contributed by atoms with Gasteiger partial charge in [-0.3, -0.25) is 19.3 Å². The van der Waals surface area contributed by atoms with Crippen LogP contribution in [0.2, 0.25) is 0 Å². The molecular weight excluding hydrogens is 258 g/mol. The monoisotopic (exact) mass is 275 g/mol. The molecule has 1 aromatic rings. The molecule has 106 valence electrons. The fourth-order valence-electron chi connectivity index (χ4n) is 2.27. The van der Waals surface area contributed by atoms with Crippen LogP contribution in [0.5, 0.6) is 0 Å². The highest BCUT2D eigenvalue weighted by Crippen LogP contribution is 2.21. The highest BCUT2D eigenvalue weighted by atomic mass is 16.2. The summed E-state index contributed by atoms with van der Waals surface area (Å²) in [6.07, 6.45) is 0.123. The Morgan fingerprint density at radius 2 is 2.10 bits per heavy atom. The van der Waals surface area contributed by atoms with Crippen molar-refractivity contribution in [2.24, 2.45) is 5.73 Å². The first-order chi connectivity index (χ1) is 9.40. The molecule has 2 rings (SSSR count). The Morgan fingerprint density at radius 1 is 1.40 bits per heavy atom. The standard InChI is InChI=1S/C14H17N3O3/c1-8(2)17-12(18)7-11(14(17)20)16-10-5-3-4-9(6-10)13(15)19/h3-6,8,11,16H,7H2,1-2H3,(H2,15,19). The first-order valence-corrected chi connectivity index (χ1v) is 6.42. The molecule has 0 bridgehead atoms. The van der Waals surface area contributed by atoms with Crippen LogP contribution in [0.15, 0.2) is 24.3 Å². The van der Waals surface area contributed by atoms with Crippen LogP contribution in [0, 0.1) is 0 Å². The maximum Gasteiger partial charge on any atom is 0.252 e. The second kappa shape index (κ2) is 5.32. The number of rotatable bonds is 4. The van der Waals surface area contributed by atoms with E-state index in [4.69, 9.17) is 5.73 Å². The van der Waals surface area contributed by atoms with Crippen LogP contribution in [0.1, 0.15) is 30.6 Å². The van der Waals surface area contributed by atoms with E-state index in [1.54, 1.807) is 38.1 Å². The van der Waals surface area contributed by atoms with Crippen LogP contribution >= 0.6 is 0 Å². The van der Waals surface area contributed by atoms with Crippen molar-refractivity contribution < 1.29 is 14.4 Å². The average Bonchev–Trinajstić information content (AvgIpc) is 2.64. The Morgan fingerprint density at radius 3 is 2.65 bits per heavy atom. The minimum absolute atomic E-state index is 0.123. The van der Waals surface area contributed by atoms with E-state index in [9.17, 15) is 14.4 Å². The minimum atomic E-state index is -0.590.